The van der Waals surface area contributed by atoms with E-state index < -0.39 is 0 Å². The van der Waals surface area contributed by atoms with Crippen LogP contribution in [-0.4, -0.2) is 63.4 Å². The molecule has 1 atom stereocenters. The van der Waals surface area contributed by atoms with E-state index in [2.05, 4.69) is 70.1 Å². The number of nitrogens with zero attached hydrogens (tertiary/aromatic N) is 6. The Morgan fingerprint density at radius 2 is 1.84 bits per heavy atom. The molecule has 1 aliphatic heterocycles. The van der Waals surface area contributed by atoms with Gasteiger partial charge in [-0.25, -0.2) is 4.68 Å². The van der Waals surface area contributed by atoms with Gasteiger partial charge >= 0.3 is 0 Å². The summed E-state index contributed by atoms with van der Waals surface area (Å²) < 4.78 is 7.50. The van der Waals surface area contributed by atoms with Crippen molar-refractivity contribution >= 4 is 16.6 Å². The highest BCUT2D eigenvalue weighted by Crippen LogP contribution is 2.33. The maximum atomic E-state index is 13.5. The van der Waals surface area contributed by atoms with Crippen molar-refractivity contribution in [2.24, 2.45) is 0 Å². The fourth-order valence-corrected chi connectivity index (χ4v) is 5.10. The molecule has 1 fully saturated rings. The van der Waals surface area contributed by atoms with Gasteiger partial charge in [-0.3, -0.25) is 9.69 Å². The van der Waals surface area contributed by atoms with E-state index in [1.807, 2.05) is 41.1 Å². The van der Waals surface area contributed by atoms with Gasteiger partial charge < -0.3 is 14.6 Å². The molecule has 37 heavy (non-hydrogen) atoms. The minimum absolute atomic E-state index is 0.114. The molecule has 0 amide bonds. The van der Waals surface area contributed by atoms with Crippen LogP contribution in [0.4, 0.5) is 5.69 Å². The zero-order valence-corrected chi connectivity index (χ0v) is 22.2. The number of anilines is 1. The largest absolute Gasteiger partial charge is 0.495 e. The van der Waals surface area contributed by atoms with Crippen LogP contribution in [0.1, 0.15) is 50.2 Å². The third-order valence-corrected chi connectivity index (χ3v) is 7.61. The Balaban J connectivity index is 1.57. The fourth-order valence-electron chi connectivity index (χ4n) is 5.10. The van der Waals surface area contributed by atoms with Crippen molar-refractivity contribution in [2.75, 3.05) is 38.2 Å². The number of hydrogen-bond acceptors (Lipinski definition) is 7. The lowest BCUT2D eigenvalue weighted by Crippen LogP contribution is -2.49. The van der Waals surface area contributed by atoms with E-state index in [-0.39, 0.29) is 17.1 Å². The van der Waals surface area contributed by atoms with Gasteiger partial charge in [-0.05, 0) is 73.3 Å². The molecule has 194 valence electrons. The number of fused-ring (bicyclic) bond motifs is 1. The second kappa shape index (κ2) is 9.97. The van der Waals surface area contributed by atoms with Crippen LogP contribution in [0, 0.1) is 6.92 Å². The fraction of sp³-hybridized carbons (Fsp3) is 0.429. The van der Waals surface area contributed by atoms with Gasteiger partial charge in [0, 0.05) is 37.3 Å². The van der Waals surface area contributed by atoms with Crippen molar-refractivity contribution in [1.82, 2.24) is 30.1 Å². The number of pyridine rings is 1. The SMILES string of the molecule is CCC(C)(C)n1nnnc1[C@H](c1cc2cc(C)ccc2[nH]c1=O)N1CCN(c2ccccc2OC)CC1. The molecule has 3 heterocycles. The third-order valence-electron chi connectivity index (χ3n) is 7.61. The van der Waals surface area contributed by atoms with Crippen LogP contribution in [0.15, 0.2) is 53.3 Å². The number of aryl methyl sites for hydroxylation is 1. The first-order valence-electron chi connectivity index (χ1n) is 12.9. The van der Waals surface area contributed by atoms with E-state index in [9.17, 15) is 4.79 Å². The average molecular weight is 502 g/mol. The standard InChI is InChI=1S/C28H35N7O2/c1-6-28(3,4)35-26(30-31-32-35)25(21-18-20-17-19(2)11-12-22(20)29-27(21)36)34-15-13-33(14-16-34)23-9-7-8-10-24(23)37-5/h7-12,17-18,25H,6,13-16H2,1-5H3,(H,29,36)/t25-/m0/s1. The molecule has 4 aromatic rings. The van der Waals surface area contributed by atoms with Crippen LogP contribution in [0.3, 0.4) is 0 Å². The molecule has 1 saturated heterocycles. The number of aromatic amines is 1. The number of H-pyrrole nitrogens is 1. The van der Waals surface area contributed by atoms with Crippen molar-refractivity contribution in [2.45, 2.75) is 45.7 Å². The van der Waals surface area contributed by atoms with Gasteiger partial charge in [0.25, 0.3) is 5.56 Å². The predicted molar refractivity (Wildman–Crippen MR) is 145 cm³/mol. The molecule has 0 saturated carbocycles. The summed E-state index contributed by atoms with van der Waals surface area (Å²) in [5, 5.41) is 13.9. The van der Waals surface area contributed by atoms with E-state index in [0.717, 1.165) is 60.5 Å². The van der Waals surface area contributed by atoms with Gasteiger partial charge in [-0.15, -0.1) is 5.10 Å². The summed E-state index contributed by atoms with van der Waals surface area (Å²) in [7, 11) is 1.70. The minimum atomic E-state index is -0.380. The second-order valence-corrected chi connectivity index (χ2v) is 10.4. The third kappa shape index (κ3) is 4.71. The van der Waals surface area contributed by atoms with Gasteiger partial charge in [-0.2, -0.15) is 0 Å². The van der Waals surface area contributed by atoms with Gasteiger partial charge in [0.05, 0.1) is 18.3 Å². The molecular weight excluding hydrogens is 466 g/mol. The van der Waals surface area contributed by atoms with Crippen molar-refractivity contribution in [3.63, 3.8) is 0 Å². The number of aromatic nitrogens is 5. The Morgan fingerprint density at radius 3 is 2.57 bits per heavy atom. The van der Waals surface area contributed by atoms with E-state index >= 15 is 0 Å². The highest BCUT2D eigenvalue weighted by molar-refractivity contribution is 5.79. The van der Waals surface area contributed by atoms with Gasteiger partial charge in [-0.1, -0.05) is 30.7 Å². The first kappa shape index (κ1) is 25.0. The minimum Gasteiger partial charge on any atom is -0.495 e. The van der Waals surface area contributed by atoms with Gasteiger partial charge in [0.2, 0.25) is 0 Å². The Morgan fingerprint density at radius 1 is 1.08 bits per heavy atom. The summed E-state index contributed by atoms with van der Waals surface area (Å²) in [6, 6.07) is 15.8. The zero-order valence-electron chi connectivity index (χ0n) is 22.2. The lowest BCUT2D eigenvalue weighted by molar-refractivity contribution is 0.186. The van der Waals surface area contributed by atoms with Crippen LogP contribution >= 0.6 is 0 Å². The predicted octanol–water partition coefficient (Wildman–Crippen LogP) is 3.89. The smallest absolute Gasteiger partial charge is 0.253 e. The van der Waals surface area contributed by atoms with Crippen molar-refractivity contribution in [1.29, 1.82) is 0 Å². The quantitative estimate of drug-likeness (QED) is 0.411. The Labute approximate surface area is 217 Å². The van der Waals surface area contributed by atoms with E-state index in [0.29, 0.717) is 11.4 Å². The summed E-state index contributed by atoms with van der Waals surface area (Å²) in [6.07, 6.45) is 0.854. The molecule has 0 aliphatic carbocycles. The van der Waals surface area contributed by atoms with Gasteiger partial charge in [0.1, 0.15) is 11.8 Å². The van der Waals surface area contributed by atoms with E-state index in [4.69, 9.17) is 4.74 Å². The van der Waals surface area contributed by atoms with Crippen LogP contribution < -0.4 is 15.2 Å². The molecule has 0 spiro atoms. The summed E-state index contributed by atoms with van der Waals surface area (Å²) in [6.45, 7) is 11.5. The molecule has 9 nitrogen and oxygen atoms in total. The zero-order chi connectivity index (χ0) is 26.2. The highest BCUT2D eigenvalue weighted by atomic mass is 16.5. The molecule has 2 aromatic carbocycles. The maximum absolute atomic E-state index is 13.5. The molecule has 0 unspecified atom stereocenters. The first-order valence-corrected chi connectivity index (χ1v) is 12.9. The van der Waals surface area contributed by atoms with Crippen LogP contribution in [0.2, 0.25) is 0 Å². The topological polar surface area (TPSA) is 92.2 Å². The summed E-state index contributed by atoms with van der Waals surface area (Å²) >= 11 is 0. The Kier molecular flexibility index (Phi) is 6.72. The van der Waals surface area contributed by atoms with Crippen molar-refractivity contribution in [3.05, 3.63) is 75.8 Å². The normalized spacial score (nSPS) is 15.8. The average Bonchev–Trinajstić information content (AvgIpc) is 3.40. The second-order valence-electron chi connectivity index (χ2n) is 10.4. The number of nitrogens with one attached hydrogen (secondary N) is 1. The summed E-state index contributed by atoms with van der Waals surface area (Å²) in [4.78, 5) is 21.3. The molecule has 5 rings (SSSR count). The molecule has 0 bridgehead atoms. The van der Waals surface area contributed by atoms with Gasteiger partial charge in [0.15, 0.2) is 5.82 Å². The van der Waals surface area contributed by atoms with Crippen molar-refractivity contribution < 1.29 is 4.74 Å². The number of ether oxygens (including phenoxy) is 1. The lowest BCUT2D eigenvalue weighted by atomic mass is 9.98. The number of tetrazole rings is 1. The van der Waals surface area contributed by atoms with E-state index in [1.54, 1.807) is 7.11 Å². The lowest BCUT2D eigenvalue weighted by Gasteiger charge is -2.40. The van der Waals surface area contributed by atoms with Crippen LogP contribution in [-0.2, 0) is 5.54 Å². The Bertz CT molecular complexity index is 1450. The number of hydrogen-bond donors (Lipinski definition) is 1. The molecule has 2 aromatic heterocycles. The number of para-hydroxylation sites is 2. The molecule has 0 radical (unpaired) electrons. The number of benzene rings is 2. The monoisotopic (exact) mass is 501 g/mol. The number of piperazine rings is 1. The van der Waals surface area contributed by atoms with Crippen LogP contribution in [0.5, 0.6) is 5.75 Å². The summed E-state index contributed by atoms with van der Waals surface area (Å²) in [5.74, 6) is 1.55. The molecular formula is C28H35N7O2. The van der Waals surface area contributed by atoms with Crippen LogP contribution in [0.25, 0.3) is 10.9 Å². The molecule has 1 aliphatic rings. The molecule has 9 heteroatoms. The first-order chi connectivity index (χ1) is 17.8. The summed E-state index contributed by atoms with van der Waals surface area (Å²) in [5.41, 5.74) is 3.30. The highest BCUT2D eigenvalue weighted by Gasteiger charge is 2.36. The van der Waals surface area contributed by atoms with Crippen molar-refractivity contribution in [3.8, 4) is 5.75 Å². The van der Waals surface area contributed by atoms with E-state index in [1.165, 1.54) is 0 Å². The number of methoxy groups -OCH3 is 1. The number of rotatable bonds is 7. The molecule has 1 N–H and O–H groups in total. The maximum Gasteiger partial charge on any atom is 0.253 e. The Hall–Kier alpha value is -3.72.